The highest BCUT2D eigenvalue weighted by Gasteiger charge is 2.53. The van der Waals surface area contributed by atoms with Gasteiger partial charge in [0, 0.05) is 17.5 Å². The Morgan fingerprint density at radius 1 is 1.28 bits per heavy atom. The molecule has 3 aliphatic carbocycles. The van der Waals surface area contributed by atoms with Gasteiger partial charge < -0.3 is 5.32 Å². The molecule has 3 heteroatoms. The van der Waals surface area contributed by atoms with Crippen LogP contribution >= 0.6 is 27.3 Å². The van der Waals surface area contributed by atoms with Gasteiger partial charge in [-0.1, -0.05) is 0 Å². The van der Waals surface area contributed by atoms with E-state index in [9.17, 15) is 0 Å². The molecule has 0 aromatic carbocycles. The van der Waals surface area contributed by atoms with Crippen LogP contribution in [-0.4, -0.2) is 12.6 Å². The Morgan fingerprint density at radius 3 is 2.67 bits per heavy atom. The Bertz CT molecular complexity index is 441. The zero-order valence-electron chi connectivity index (χ0n) is 10.6. The van der Waals surface area contributed by atoms with E-state index in [1.165, 1.54) is 48.9 Å². The van der Waals surface area contributed by atoms with E-state index in [2.05, 4.69) is 33.4 Å². The lowest BCUT2D eigenvalue weighted by Gasteiger charge is -2.31. The lowest BCUT2D eigenvalue weighted by molar-refractivity contribution is 0.249. The molecule has 2 unspecified atom stereocenters. The average Bonchev–Trinajstić information content (AvgIpc) is 3.23. The van der Waals surface area contributed by atoms with Crippen molar-refractivity contribution in [2.75, 3.05) is 6.54 Å². The summed E-state index contributed by atoms with van der Waals surface area (Å²) in [5.41, 5.74) is 0.584. The molecule has 1 heterocycles. The van der Waals surface area contributed by atoms with Crippen molar-refractivity contribution in [1.29, 1.82) is 0 Å². The minimum atomic E-state index is 0.584. The van der Waals surface area contributed by atoms with Crippen LogP contribution in [0.15, 0.2) is 15.9 Å². The zero-order chi connectivity index (χ0) is 12.2. The van der Waals surface area contributed by atoms with Crippen molar-refractivity contribution in [3.05, 3.63) is 20.8 Å². The van der Waals surface area contributed by atoms with Crippen molar-refractivity contribution < 1.29 is 0 Å². The second-order valence-electron chi connectivity index (χ2n) is 6.70. The van der Waals surface area contributed by atoms with E-state index >= 15 is 0 Å². The van der Waals surface area contributed by atoms with E-state index in [1.807, 2.05) is 11.3 Å². The summed E-state index contributed by atoms with van der Waals surface area (Å²) in [5.74, 6) is 2.16. The smallest absolute Gasteiger partial charge is 0.0701 e. The molecular formula is C15H20BrNS. The van der Waals surface area contributed by atoms with Gasteiger partial charge in [-0.3, -0.25) is 0 Å². The first-order chi connectivity index (χ1) is 8.72. The molecule has 0 saturated heterocycles. The lowest BCUT2D eigenvalue weighted by Crippen LogP contribution is -2.36. The quantitative estimate of drug-likeness (QED) is 0.854. The summed E-state index contributed by atoms with van der Waals surface area (Å²) in [7, 11) is 0. The van der Waals surface area contributed by atoms with Gasteiger partial charge in [-0.15, -0.1) is 11.3 Å². The summed E-state index contributed by atoms with van der Waals surface area (Å²) < 4.78 is 1.28. The van der Waals surface area contributed by atoms with Gasteiger partial charge in [0.05, 0.1) is 3.79 Å². The third-order valence-corrected chi connectivity index (χ3v) is 6.60. The lowest BCUT2D eigenvalue weighted by atomic mass is 9.79. The molecule has 3 fully saturated rings. The zero-order valence-corrected chi connectivity index (χ0v) is 13.0. The molecule has 0 amide bonds. The summed E-state index contributed by atoms with van der Waals surface area (Å²) in [5, 5.41) is 3.80. The van der Waals surface area contributed by atoms with Gasteiger partial charge in [-0.05, 0) is 83.8 Å². The second-order valence-corrected chi connectivity index (χ2v) is 9.25. The molecule has 3 aliphatic rings. The Hall–Kier alpha value is 0.140. The van der Waals surface area contributed by atoms with Crippen LogP contribution in [0.5, 0.6) is 0 Å². The first-order valence-electron chi connectivity index (χ1n) is 7.20. The molecule has 4 rings (SSSR count). The number of thiophene rings is 1. The van der Waals surface area contributed by atoms with Gasteiger partial charge >= 0.3 is 0 Å². The largest absolute Gasteiger partial charge is 0.313 e. The van der Waals surface area contributed by atoms with Gasteiger partial charge in [0.25, 0.3) is 0 Å². The number of hydrogen-bond donors (Lipinski definition) is 1. The number of halogens is 1. The van der Waals surface area contributed by atoms with Gasteiger partial charge in [0.1, 0.15) is 0 Å². The highest BCUT2D eigenvalue weighted by atomic mass is 79.9. The molecule has 1 aromatic rings. The third kappa shape index (κ3) is 2.41. The van der Waals surface area contributed by atoms with Gasteiger partial charge in [-0.25, -0.2) is 0 Å². The number of nitrogens with one attached hydrogen (secondary N) is 1. The topological polar surface area (TPSA) is 12.0 Å². The highest BCUT2D eigenvalue weighted by Crippen LogP contribution is 2.61. The number of fused-ring (bicyclic) bond motifs is 1. The van der Waals surface area contributed by atoms with Gasteiger partial charge in [0.15, 0.2) is 0 Å². The third-order valence-electron chi connectivity index (χ3n) is 4.98. The minimum absolute atomic E-state index is 0.584. The minimum Gasteiger partial charge on any atom is -0.313 e. The van der Waals surface area contributed by atoms with Crippen molar-refractivity contribution >= 4 is 27.3 Å². The fourth-order valence-corrected chi connectivity index (χ4v) is 5.48. The standard InChI is InChI=1S/C15H20BrNS/c16-14-4-3-13(18-14)8-15(9-17-12-1-2-12)6-10-5-11(10)7-15/h3-4,10-12,17H,1-2,5-9H2. The Balaban J connectivity index is 1.47. The summed E-state index contributed by atoms with van der Waals surface area (Å²) in [6.07, 6.45) is 8.61. The maximum Gasteiger partial charge on any atom is 0.0701 e. The Kier molecular flexibility index (Phi) is 2.86. The molecule has 0 spiro atoms. The van der Waals surface area contributed by atoms with E-state index < -0.39 is 0 Å². The Labute approximate surface area is 121 Å². The maximum atomic E-state index is 3.80. The van der Waals surface area contributed by atoms with Crippen LogP contribution in [0.2, 0.25) is 0 Å². The normalized spacial score (nSPS) is 37.8. The number of hydrogen-bond acceptors (Lipinski definition) is 2. The van der Waals surface area contributed by atoms with Crippen molar-refractivity contribution in [3.63, 3.8) is 0 Å². The summed E-state index contributed by atoms with van der Waals surface area (Å²) in [6, 6.07) is 5.38. The first kappa shape index (κ1) is 11.9. The molecule has 18 heavy (non-hydrogen) atoms. The summed E-state index contributed by atoms with van der Waals surface area (Å²) >= 11 is 5.52. The molecule has 1 N–H and O–H groups in total. The SMILES string of the molecule is Brc1ccc(CC2(CNC3CC3)CC3CC3C2)s1. The Morgan fingerprint density at radius 2 is 2.06 bits per heavy atom. The van der Waals surface area contributed by atoms with E-state index in [0.717, 1.165) is 17.9 Å². The fourth-order valence-electron chi connectivity index (χ4n) is 3.82. The predicted molar refractivity (Wildman–Crippen MR) is 80.0 cm³/mol. The van der Waals surface area contributed by atoms with Crippen LogP contribution < -0.4 is 5.32 Å². The summed E-state index contributed by atoms with van der Waals surface area (Å²) in [6.45, 7) is 1.26. The molecule has 1 nitrogen and oxygen atoms in total. The molecule has 2 atom stereocenters. The van der Waals surface area contributed by atoms with Gasteiger partial charge in [0.2, 0.25) is 0 Å². The van der Waals surface area contributed by atoms with Crippen LogP contribution in [-0.2, 0) is 6.42 Å². The average molecular weight is 326 g/mol. The van der Waals surface area contributed by atoms with E-state index in [0.29, 0.717) is 5.41 Å². The monoisotopic (exact) mass is 325 g/mol. The molecule has 1 aromatic heterocycles. The van der Waals surface area contributed by atoms with Crippen molar-refractivity contribution in [2.45, 2.75) is 44.6 Å². The van der Waals surface area contributed by atoms with Crippen LogP contribution in [0.4, 0.5) is 0 Å². The second kappa shape index (κ2) is 4.32. The van der Waals surface area contributed by atoms with Crippen LogP contribution in [0, 0.1) is 17.3 Å². The molecule has 0 radical (unpaired) electrons. The van der Waals surface area contributed by atoms with Crippen molar-refractivity contribution in [2.24, 2.45) is 17.3 Å². The fraction of sp³-hybridized carbons (Fsp3) is 0.733. The van der Waals surface area contributed by atoms with E-state index in [-0.39, 0.29) is 0 Å². The van der Waals surface area contributed by atoms with Crippen LogP contribution in [0.3, 0.4) is 0 Å². The molecule has 3 saturated carbocycles. The van der Waals surface area contributed by atoms with Gasteiger partial charge in [-0.2, -0.15) is 0 Å². The summed E-state index contributed by atoms with van der Waals surface area (Å²) in [4.78, 5) is 1.57. The maximum absolute atomic E-state index is 3.80. The van der Waals surface area contributed by atoms with E-state index in [4.69, 9.17) is 0 Å². The molecule has 98 valence electrons. The van der Waals surface area contributed by atoms with Crippen molar-refractivity contribution in [3.8, 4) is 0 Å². The van der Waals surface area contributed by atoms with Crippen molar-refractivity contribution in [1.82, 2.24) is 5.32 Å². The molecule has 0 aliphatic heterocycles. The van der Waals surface area contributed by atoms with Crippen LogP contribution in [0.25, 0.3) is 0 Å². The first-order valence-corrected chi connectivity index (χ1v) is 8.81. The van der Waals surface area contributed by atoms with E-state index in [1.54, 1.807) is 4.88 Å². The number of rotatable bonds is 5. The predicted octanol–water partition coefficient (Wildman–Crippen LogP) is 4.22. The highest BCUT2D eigenvalue weighted by molar-refractivity contribution is 9.11. The molecular weight excluding hydrogens is 306 g/mol. The van der Waals surface area contributed by atoms with Crippen LogP contribution in [0.1, 0.15) is 37.0 Å². The molecule has 0 bridgehead atoms.